The average Bonchev–Trinajstić information content (AvgIpc) is 2.68. The summed E-state index contributed by atoms with van der Waals surface area (Å²) >= 11 is 1.46. The standard InChI is InChI=1S/C20H19N3O3S2/c1-23-12-15-10-16(8-6-14(15)11-19(23)24)22-28(25,26)17-5-3-4-13-7-9-18(27-2)21-20(13)17/h3-10,22H,11-12H2,1-2H3. The highest BCUT2D eigenvalue weighted by Gasteiger charge is 2.22. The number of benzene rings is 2. The van der Waals surface area contributed by atoms with E-state index in [1.165, 1.54) is 11.8 Å². The van der Waals surface area contributed by atoms with Crippen LogP contribution in [0.3, 0.4) is 0 Å². The topological polar surface area (TPSA) is 79.4 Å². The van der Waals surface area contributed by atoms with Crippen molar-refractivity contribution in [3.05, 3.63) is 59.7 Å². The Morgan fingerprint density at radius 3 is 2.71 bits per heavy atom. The minimum Gasteiger partial charge on any atom is -0.341 e. The summed E-state index contributed by atoms with van der Waals surface area (Å²) in [5.41, 5.74) is 2.80. The summed E-state index contributed by atoms with van der Waals surface area (Å²) in [5, 5.41) is 1.53. The molecule has 1 aromatic heterocycles. The zero-order valence-electron chi connectivity index (χ0n) is 15.5. The number of para-hydroxylation sites is 1. The molecule has 1 aliphatic rings. The number of likely N-dealkylation sites (N-methyl/N-ethyl adjacent to an activating group) is 1. The fraction of sp³-hybridized carbons (Fsp3) is 0.200. The molecule has 144 valence electrons. The van der Waals surface area contributed by atoms with Crippen molar-refractivity contribution in [2.45, 2.75) is 22.9 Å². The molecule has 0 unspecified atom stereocenters. The highest BCUT2D eigenvalue weighted by Crippen LogP contribution is 2.28. The molecule has 28 heavy (non-hydrogen) atoms. The SMILES string of the molecule is CSc1ccc2cccc(S(=O)(=O)Nc3ccc4c(c3)CN(C)C(=O)C4)c2n1. The second-order valence-corrected chi connectivity index (χ2v) is 9.17. The fourth-order valence-electron chi connectivity index (χ4n) is 3.29. The molecule has 2 aromatic carbocycles. The lowest BCUT2D eigenvalue weighted by Crippen LogP contribution is -2.32. The van der Waals surface area contributed by atoms with Gasteiger partial charge in [-0.05, 0) is 41.6 Å². The zero-order chi connectivity index (χ0) is 19.9. The fourth-order valence-corrected chi connectivity index (χ4v) is 4.90. The number of hydrogen-bond donors (Lipinski definition) is 1. The van der Waals surface area contributed by atoms with Crippen molar-refractivity contribution >= 4 is 44.3 Å². The van der Waals surface area contributed by atoms with Gasteiger partial charge < -0.3 is 4.90 Å². The van der Waals surface area contributed by atoms with Gasteiger partial charge in [-0.2, -0.15) is 0 Å². The number of carbonyl (C=O) groups is 1. The molecule has 2 heterocycles. The highest BCUT2D eigenvalue weighted by atomic mass is 32.2. The van der Waals surface area contributed by atoms with Gasteiger partial charge in [0.2, 0.25) is 5.91 Å². The van der Waals surface area contributed by atoms with Crippen molar-refractivity contribution in [1.29, 1.82) is 0 Å². The Morgan fingerprint density at radius 2 is 1.93 bits per heavy atom. The predicted octanol–water partition coefficient (Wildman–Crippen LogP) is 3.27. The van der Waals surface area contributed by atoms with E-state index in [0.717, 1.165) is 21.5 Å². The summed E-state index contributed by atoms with van der Waals surface area (Å²) in [5.74, 6) is 0.0623. The van der Waals surface area contributed by atoms with E-state index < -0.39 is 10.0 Å². The van der Waals surface area contributed by atoms with Crippen molar-refractivity contribution in [1.82, 2.24) is 9.88 Å². The van der Waals surface area contributed by atoms with E-state index in [4.69, 9.17) is 0 Å². The second-order valence-electron chi connectivity index (χ2n) is 6.70. The lowest BCUT2D eigenvalue weighted by Gasteiger charge is -2.25. The van der Waals surface area contributed by atoms with Gasteiger partial charge >= 0.3 is 0 Å². The third kappa shape index (κ3) is 3.45. The second kappa shape index (κ2) is 7.10. The Labute approximate surface area is 168 Å². The molecule has 1 amide bonds. The first kappa shape index (κ1) is 18.8. The van der Waals surface area contributed by atoms with Crippen LogP contribution in [0.25, 0.3) is 10.9 Å². The molecule has 1 N–H and O–H groups in total. The summed E-state index contributed by atoms with van der Waals surface area (Å²) in [4.78, 5) is 18.1. The number of sulfonamides is 1. The van der Waals surface area contributed by atoms with Crippen LogP contribution in [-0.4, -0.2) is 37.5 Å². The van der Waals surface area contributed by atoms with Gasteiger partial charge in [0.05, 0.1) is 17.0 Å². The van der Waals surface area contributed by atoms with Crippen LogP contribution in [0.1, 0.15) is 11.1 Å². The van der Waals surface area contributed by atoms with Crippen LogP contribution in [0.2, 0.25) is 0 Å². The van der Waals surface area contributed by atoms with Crippen LogP contribution >= 0.6 is 11.8 Å². The van der Waals surface area contributed by atoms with E-state index >= 15 is 0 Å². The number of nitrogens with one attached hydrogen (secondary N) is 1. The molecule has 1 aliphatic heterocycles. The van der Waals surface area contributed by atoms with Crippen molar-refractivity contribution in [2.24, 2.45) is 0 Å². The number of aromatic nitrogens is 1. The molecule has 0 fully saturated rings. The zero-order valence-corrected chi connectivity index (χ0v) is 17.1. The Kier molecular flexibility index (Phi) is 4.76. The number of fused-ring (bicyclic) bond motifs is 2. The van der Waals surface area contributed by atoms with Gasteiger partial charge in [0.25, 0.3) is 10.0 Å². The Morgan fingerprint density at radius 1 is 1.11 bits per heavy atom. The molecule has 0 bridgehead atoms. The monoisotopic (exact) mass is 413 g/mol. The molecule has 0 saturated heterocycles. The summed E-state index contributed by atoms with van der Waals surface area (Å²) in [6, 6.07) is 14.2. The minimum absolute atomic E-state index is 0.0623. The van der Waals surface area contributed by atoms with Gasteiger partial charge in [-0.1, -0.05) is 24.3 Å². The molecule has 0 aliphatic carbocycles. The van der Waals surface area contributed by atoms with Crippen LogP contribution in [0.4, 0.5) is 5.69 Å². The van der Waals surface area contributed by atoms with E-state index in [1.54, 1.807) is 36.2 Å². The number of amides is 1. The first-order valence-corrected chi connectivity index (χ1v) is 11.4. The van der Waals surface area contributed by atoms with Crippen molar-refractivity contribution < 1.29 is 13.2 Å². The normalized spacial score (nSPS) is 14.2. The molecule has 3 aromatic rings. The van der Waals surface area contributed by atoms with E-state index in [9.17, 15) is 13.2 Å². The van der Waals surface area contributed by atoms with E-state index in [0.29, 0.717) is 24.2 Å². The molecular formula is C20H19N3O3S2. The largest absolute Gasteiger partial charge is 0.341 e. The Hall–Kier alpha value is -2.58. The van der Waals surface area contributed by atoms with Gasteiger partial charge in [-0.15, -0.1) is 11.8 Å². The van der Waals surface area contributed by atoms with Gasteiger partial charge in [-0.25, -0.2) is 13.4 Å². The predicted molar refractivity (Wildman–Crippen MR) is 111 cm³/mol. The molecule has 0 spiro atoms. The van der Waals surface area contributed by atoms with Crippen molar-refractivity contribution in [3.63, 3.8) is 0 Å². The van der Waals surface area contributed by atoms with Crippen LogP contribution in [-0.2, 0) is 27.8 Å². The van der Waals surface area contributed by atoms with E-state index in [2.05, 4.69) is 9.71 Å². The Bertz CT molecular complexity index is 1190. The summed E-state index contributed by atoms with van der Waals surface area (Å²) in [6.07, 6.45) is 2.24. The summed E-state index contributed by atoms with van der Waals surface area (Å²) < 4.78 is 28.8. The number of thioether (sulfide) groups is 1. The molecule has 0 radical (unpaired) electrons. The number of pyridine rings is 1. The van der Waals surface area contributed by atoms with E-state index in [-0.39, 0.29) is 10.8 Å². The molecule has 8 heteroatoms. The van der Waals surface area contributed by atoms with Gasteiger partial charge in [0, 0.05) is 24.7 Å². The van der Waals surface area contributed by atoms with Gasteiger partial charge in [0.15, 0.2) is 0 Å². The molecule has 0 saturated carbocycles. The van der Waals surface area contributed by atoms with Crippen LogP contribution in [0.5, 0.6) is 0 Å². The van der Waals surface area contributed by atoms with Crippen LogP contribution in [0, 0.1) is 0 Å². The van der Waals surface area contributed by atoms with Crippen molar-refractivity contribution in [3.8, 4) is 0 Å². The minimum atomic E-state index is -3.82. The van der Waals surface area contributed by atoms with E-state index in [1.807, 2.05) is 30.5 Å². The lowest BCUT2D eigenvalue weighted by molar-refractivity contribution is -0.130. The molecular weight excluding hydrogens is 394 g/mol. The summed E-state index contributed by atoms with van der Waals surface area (Å²) in [7, 11) is -2.07. The number of carbonyl (C=O) groups excluding carboxylic acids is 1. The molecule has 6 nitrogen and oxygen atoms in total. The maximum atomic E-state index is 13.1. The average molecular weight is 414 g/mol. The smallest absolute Gasteiger partial charge is 0.264 e. The van der Waals surface area contributed by atoms with Crippen molar-refractivity contribution in [2.75, 3.05) is 18.0 Å². The van der Waals surface area contributed by atoms with Gasteiger partial charge in [0.1, 0.15) is 4.90 Å². The quantitative estimate of drug-likeness (QED) is 0.664. The number of rotatable bonds is 4. The first-order chi connectivity index (χ1) is 13.4. The third-order valence-corrected chi connectivity index (χ3v) is 6.85. The third-order valence-electron chi connectivity index (χ3n) is 4.79. The van der Waals surface area contributed by atoms with Crippen LogP contribution in [0.15, 0.2) is 58.5 Å². The maximum absolute atomic E-state index is 13.1. The molecule has 0 atom stereocenters. The first-order valence-electron chi connectivity index (χ1n) is 8.70. The number of hydrogen-bond acceptors (Lipinski definition) is 5. The van der Waals surface area contributed by atoms with Crippen LogP contribution < -0.4 is 4.72 Å². The highest BCUT2D eigenvalue weighted by molar-refractivity contribution is 7.98. The molecule has 4 rings (SSSR count). The number of anilines is 1. The van der Waals surface area contributed by atoms with Gasteiger partial charge in [-0.3, -0.25) is 9.52 Å². The maximum Gasteiger partial charge on any atom is 0.264 e. The Balaban J connectivity index is 1.72. The summed E-state index contributed by atoms with van der Waals surface area (Å²) in [6.45, 7) is 0.469. The number of nitrogens with zero attached hydrogens (tertiary/aromatic N) is 2. The lowest BCUT2D eigenvalue weighted by atomic mass is 9.99.